The Labute approximate surface area is 365 Å². The Morgan fingerprint density at radius 3 is 2.15 bits per heavy atom. The summed E-state index contributed by atoms with van der Waals surface area (Å²) in [6.07, 6.45) is -2.79. The third-order valence-electron chi connectivity index (χ3n) is 9.99. The molecule has 0 saturated carbocycles. The van der Waals surface area contributed by atoms with Crippen LogP contribution in [0.5, 0.6) is 11.5 Å². The highest BCUT2D eigenvalue weighted by atomic mass is 127. The zero-order valence-corrected chi connectivity index (χ0v) is 36.0. The molecule has 4 N–H and O–H groups in total. The molecule has 3 aliphatic rings. The van der Waals surface area contributed by atoms with Gasteiger partial charge in [-0.3, -0.25) is 14.4 Å². The fourth-order valence-electron chi connectivity index (χ4n) is 6.93. The number of ether oxygens (including phenoxy) is 2. The van der Waals surface area contributed by atoms with E-state index in [1.807, 2.05) is 42.5 Å². The minimum atomic E-state index is -4.54. The lowest BCUT2D eigenvalue weighted by molar-refractivity contribution is -0.138. The van der Waals surface area contributed by atoms with E-state index in [1.54, 1.807) is 52.9 Å². The van der Waals surface area contributed by atoms with Crippen molar-refractivity contribution in [1.29, 1.82) is 0 Å². The van der Waals surface area contributed by atoms with Gasteiger partial charge in [-0.2, -0.15) is 13.2 Å². The normalized spacial score (nSPS) is 13.9. The largest absolute Gasteiger partial charge is 0.496 e. The molecule has 8 rings (SSSR count). The highest BCUT2D eigenvalue weighted by Crippen LogP contribution is 2.38. The Morgan fingerprint density at radius 1 is 0.763 bits per heavy atom. The summed E-state index contributed by atoms with van der Waals surface area (Å²) in [4.78, 5) is 40.7. The number of ketones is 1. The monoisotopic (exact) mass is 1030 g/mol. The molecule has 2 amide bonds. The maximum atomic E-state index is 13.3. The average molecular weight is 1030 g/mol. The van der Waals surface area contributed by atoms with Crippen molar-refractivity contribution >= 4 is 80.1 Å². The van der Waals surface area contributed by atoms with Crippen LogP contribution in [0.15, 0.2) is 96.1 Å². The second-order valence-electron chi connectivity index (χ2n) is 13.7. The number of carbonyl (C=O) groups excluding carboxylic acids is 3. The van der Waals surface area contributed by atoms with Crippen LogP contribution >= 0.6 is 45.2 Å². The van der Waals surface area contributed by atoms with E-state index in [0.717, 1.165) is 58.9 Å². The predicted octanol–water partition coefficient (Wildman–Crippen LogP) is 7.91. The third kappa shape index (κ3) is 9.55. The summed E-state index contributed by atoms with van der Waals surface area (Å²) in [6, 6.07) is 25.9. The lowest BCUT2D eigenvalue weighted by Gasteiger charge is -2.23. The van der Waals surface area contributed by atoms with Gasteiger partial charge in [0.05, 0.1) is 36.6 Å². The zero-order chi connectivity index (χ0) is 41.8. The highest BCUT2D eigenvalue weighted by molar-refractivity contribution is 14.1. The van der Waals surface area contributed by atoms with Crippen molar-refractivity contribution in [2.75, 3.05) is 37.5 Å². The molecule has 0 aliphatic carbocycles. The van der Waals surface area contributed by atoms with Crippen molar-refractivity contribution in [1.82, 2.24) is 16.1 Å². The third-order valence-corrected chi connectivity index (χ3v) is 11.6. The zero-order valence-electron chi connectivity index (χ0n) is 31.7. The minimum Gasteiger partial charge on any atom is -0.496 e. The van der Waals surface area contributed by atoms with Gasteiger partial charge in [-0.25, -0.2) is 10.3 Å². The molecule has 0 bridgehead atoms. The fraction of sp³-hybridized carbons (Fsp3) is 0.209. The Bertz CT molecular complexity index is 2480. The maximum Gasteiger partial charge on any atom is 0.417 e. The van der Waals surface area contributed by atoms with Crippen molar-refractivity contribution in [2.24, 2.45) is 5.10 Å². The summed E-state index contributed by atoms with van der Waals surface area (Å²) < 4.78 is 51.2. The Balaban J connectivity index is 0.000000179. The first-order chi connectivity index (χ1) is 28.4. The lowest BCUT2D eigenvalue weighted by atomic mass is 9.98. The van der Waals surface area contributed by atoms with Crippen molar-refractivity contribution in [2.45, 2.75) is 32.1 Å². The first kappa shape index (κ1) is 42.1. The molecule has 0 unspecified atom stereocenters. The van der Waals surface area contributed by atoms with E-state index in [1.165, 1.54) is 36.3 Å². The molecule has 11 nitrogen and oxygen atoms in total. The van der Waals surface area contributed by atoms with E-state index < -0.39 is 17.6 Å². The number of hydrogen-bond acceptors (Lipinski definition) is 9. The smallest absolute Gasteiger partial charge is 0.417 e. The molecular formula is C43H37F3I2N6O5. The van der Waals surface area contributed by atoms with E-state index >= 15 is 0 Å². The number of hydrogen-bond donors (Lipinski definition) is 4. The van der Waals surface area contributed by atoms with Crippen molar-refractivity contribution in [3.63, 3.8) is 0 Å². The van der Waals surface area contributed by atoms with Crippen LogP contribution in [0.1, 0.15) is 64.5 Å². The maximum absolute atomic E-state index is 13.3. The standard InChI is InChI=1S/C24H21IN2O3.C19H16F3IN4O2/c1-30-22-10-7-16(23(28)15-5-8-18(25)9-6-15)13-20(22)24(29)27-21-4-2-3-17-14-26-12-11-19(17)21;1-29-16-8-14(19(20,21)22)15(23)7-13(16)17(28)27(18-25-26-18)12-3-2-10-4-5-24-9-11(10)6-12/h2-10,13,26H,11-12,14H2,1H3,(H,27,29);2-3,6-8,24H,4-5,9H2,1H3,(H,25,26). The number of methoxy groups -OCH3 is 2. The minimum absolute atomic E-state index is 0.0251. The molecule has 0 atom stereocenters. The van der Waals surface area contributed by atoms with Crippen LogP contribution in [0.2, 0.25) is 0 Å². The van der Waals surface area contributed by atoms with Gasteiger partial charge in [-0.1, -0.05) is 18.2 Å². The SMILES string of the molecule is COc1cc(C(F)(F)F)c(I)cc1C(=O)N(C1=NN1)c1ccc2c(c1)CNCC2.COc1ccc(C(=O)c2ccc(I)cc2)cc1C(=O)Nc1cccc2c1CCNC2. The van der Waals surface area contributed by atoms with Crippen LogP contribution in [-0.2, 0) is 32.1 Å². The predicted molar refractivity (Wildman–Crippen MR) is 235 cm³/mol. The Hall–Kier alpha value is -5.05. The molecule has 0 saturated heterocycles. The average Bonchev–Trinajstić information content (AvgIpc) is 4.08. The second kappa shape index (κ2) is 18.1. The van der Waals surface area contributed by atoms with E-state index in [4.69, 9.17) is 9.47 Å². The quantitative estimate of drug-likeness (QED) is 0.0908. The molecule has 5 aromatic carbocycles. The van der Waals surface area contributed by atoms with Crippen LogP contribution in [0.4, 0.5) is 24.5 Å². The summed E-state index contributed by atoms with van der Waals surface area (Å²) in [7, 11) is 2.75. The fourth-order valence-corrected chi connectivity index (χ4v) is 8.06. The number of halogens is 5. The van der Waals surface area contributed by atoms with E-state index in [0.29, 0.717) is 40.6 Å². The van der Waals surface area contributed by atoms with Gasteiger partial charge in [-0.05, 0) is 166 Å². The molecular weight excluding hydrogens is 991 g/mol. The second-order valence-corrected chi connectivity index (χ2v) is 16.1. The number of amides is 2. The highest BCUT2D eigenvalue weighted by Gasteiger charge is 2.37. The summed E-state index contributed by atoms with van der Waals surface area (Å²) >= 11 is 3.77. The van der Waals surface area contributed by atoms with E-state index in [2.05, 4.69) is 55.1 Å². The molecule has 0 spiro atoms. The molecule has 16 heteroatoms. The summed E-state index contributed by atoms with van der Waals surface area (Å²) in [6.45, 7) is 3.25. The number of rotatable bonds is 8. The number of fused-ring (bicyclic) bond motifs is 2. The van der Waals surface area contributed by atoms with Gasteiger partial charge in [0.1, 0.15) is 11.5 Å². The molecule has 304 valence electrons. The van der Waals surface area contributed by atoms with Crippen LogP contribution in [0, 0.1) is 7.14 Å². The lowest BCUT2D eigenvalue weighted by Crippen LogP contribution is -2.36. The van der Waals surface area contributed by atoms with Crippen LogP contribution in [-0.4, -0.2) is 50.9 Å². The molecule has 0 radical (unpaired) electrons. The van der Waals surface area contributed by atoms with Gasteiger partial charge in [0.25, 0.3) is 11.8 Å². The van der Waals surface area contributed by atoms with Gasteiger partial charge < -0.3 is 25.4 Å². The molecule has 5 aromatic rings. The van der Waals surface area contributed by atoms with E-state index in [9.17, 15) is 27.6 Å². The molecule has 3 heterocycles. The number of benzene rings is 5. The number of carbonyl (C=O) groups is 3. The van der Waals surface area contributed by atoms with E-state index in [-0.39, 0.29) is 26.6 Å². The molecule has 0 aromatic heterocycles. The van der Waals surface area contributed by atoms with Gasteiger partial charge in [-0.15, -0.1) is 5.10 Å². The van der Waals surface area contributed by atoms with Crippen molar-refractivity contribution in [3.05, 3.63) is 148 Å². The number of guanidine groups is 1. The number of alkyl halides is 3. The summed E-state index contributed by atoms with van der Waals surface area (Å²) in [5, 5.41) is 13.5. The molecule has 3 aliphatic heterocycles. The Kier molecular flexibility index (Phi) is 12.9. The van der Waals surface area contributed by atoms with Crippen LogP contribution in [0.25, 0.3) is 0 Å². The first-order valence-electron chi connectivity index (χ1n) is 18.4. The van der Waals surface area contributed by atoms with Crippen molar-refractivity contribution in [3.8, 4) is 11.5 Å². The topological polar surface area (TPSA) is 143 Å². The number of hydrazone groups is 1. The van der Waals surface area contributed by atoms with Crippen LogP contribution in [0.3, 0.4) is 0 Å². The molecule has 0 fully saturated rings. The number of nitrogens with one attached hydrogen (secondary N) is 4. The number of nitrogens with zero attached hydrogens (tertiary/aromatic N) is 2. The van der Waals surface area contributed by atoms with Crippen molar-refractivity contribution < 1.29 is 37.0 Å². The summed E-state index contributed by atoms with van der Waals surface area (Å²) in [5.41, 5.74) is 9.19. The first-order valence-corrected chi connectivity index (χ1v) is 20.6. The number of anilines is 2. The van der Waals surface area contributed by atoms with Gasteiger partial charge in [0, 0.05) is 37.0 Å². The summed E-state index contributed by atoms with van der Waals surface area (Å²) in [5.74, 6) is -0.342. The van der Waals surface area contributed by atoms with Crippen LogP contribution < -0.4 is 35.7 Å². The Morgan fingerprint density at radius 2 is 1.46 bits per heavy atom. The van der Waals surface area contributed by atoms with Gasteiger partial charge in [0.15, 0.2) is 5.78 Å². The van der Waals surface area contributed by atoms with Gasteiger partial charge >= 0.3 is 6.18 Å². The van der Waals surface area contributed by atoms with Gasteiger partial charge in [0.2, 0.25) is 5.96 Å². The molecule has 59 heavy (non-hydrogen) atoms.